The predicted molar refractivity (Wildman–Crippen MR) is 58.1 cm³/mol. The first-order valence-corrected chi connectivity index (χ1v) is 5.08. The molecule has 0 aliphatic rings. The van der Waals surface area contributed by atoms with Gasteiger partial charge in [-0.15, -0.1) is 0 Å². The molecule has 3 nitrogen and oxygen atoms in total. The van der Waals surface area contributed by atoms with E-state index in [0.29, 0.717) is 0 Å². The maximum Gasteiger partial charge on any atom is 0.309 e. The molecule has 82 valence electrons. The summed E-state index contributed by atoms with van der Waals surface area (Å²) < 4.78 is 5.35. The fourth-order valence-electron chi connectivity index (χ4n) is 1.11. The van der Waals surface area contributed by atoms with Crippen molar-refractivity contribution in [2.24, 2.45) is 5.92 Å². The molecule has 0 radical (unpaired) electrons. The molecular weight excluding hydrogens is 192 g/mol. The average Bonchev–Trinajstić information content (AvgIpc) is 2.26. The molecular formula is C12H16O3. The van der Waals surface area contributed by atoms with Crippen LogP contribution in [0.15, 0.2) is 24.3 Å². The van der Waals surface area contributed by atoms with Gasteiger partial charge in [-0.2, -0.15) is 0 Å². The highest BCUT2D eigenvalue weighted by molar-refractivity contribution is 5.69. The Morgan fingerprint density at radius 3 is 2.47 bits per heavy atom. The third-order valence-electron chi connectivity index (χ3n) is 2.25. The number of aryl methyl sites for hydroxylation is 1. The molecule has 0 heterocycles. The van der Waals surface area contributed by atoms with Crippen LogP contribution in [0.4, 0.5) is 0 Å². The van der Waals surface area contributed by atoms with Gasteiger partial charge in [-0.25, -0.2) is 0 Å². The fourth-order valence-corrected chi connectivity index (χ4v) is 1.11. The van der Waals surface area contributed by atoms with Crippen molar-refractivity contribution in [3.8, 4) is 5.75 Å². The Bertz CT molecular complexity index is 316. The van der Waals surface area contributed by atoms with Gasteiger partial charge >= 0.3 is 5.97 Å². The number of ether oxygens (including phenoxy) is 1. The number of aliphatic carboxylic acids is 1. The van der Waals surface area contributed by atoms with Crippen LogP contribution < -0.4 is 4.74 Å². The number of carbonyl (C=O) groups is 1. The monoisotopic (exact) mass is 208 g/mol. The van der Waals surface area contributed by atoms with Gasteiger partial charge in [-0.1, -0.05) is 19.1 Å². The van der Waals surface area contributed by atoms with Crippen LogP contribution in [0, 0.1) is 5.92 Å². The molecule has 1 rings (SSSR count). The Morgan fingerprint density at radius 1 is 1.40 bits per heavy atom. The van der Waals surface area contributed by atoms with Crippen molar-refractivity contribution in [2.45, 2.75) is 20.3 Å². The van der Waals surface area contributed by atoms with Crippen molar-refractivity contribution in [3.63, 3.8) is 0 Å². The van der Waals surface area contributed by atoms with Gasteiger partial charge in [0.05, 0.1) is 5.92 Å². The number of carboxylic acids is 1. The van der Waals surface area contributed by atoms with Gasteiger partial charge in [0, 0.05) is 0 Å². The molecule has 0 aliphatic heterocycles. The fraction of sp³-hybridized carbons (Fsp3) is 0.417. The summed E-state index contributed by atoms with van der Waals surface area (Å²) in [4.78, 5) is 10.5. The lowest BCUT2D eigenvalue weighted by atomic mass is 10.2. The lowest BCUT2D eigenvalue weighted by Gasteiger charge is -2.09. The van der Waals surface area contributed by atoms with Crippen molar-refractivity contribution >= 4 is 5.97 Å². The quantitative estimate of drug-likeness (QED) is 0.807. The zero-order chi connectivity index (χ0) is 11.3. The topological polar surface area (TPSA) is 46.5 Å². The van der Waals surface area contributed by atoms with Crippen LogP contribution in [0.3, 0.4) is 0 Å². The van der Waals surface area contributed by atoms with Crippen LogP contribution >= 0.6 is 0 Å². The van der Waals surface area contributed by atoms with E-state index in [1.165, 1.54) is 5.56 Å². The van der Waals surface area contributed by atoms with Crippen LogP contribution in [0.5, 0.6) is 5.75 Å². The Morgan fingerprint density at radius 2 is 2.00 bits per heavy atom. The first-order chi connectivity index (χ1) is 7.13. The highest BCUT2D eigenvalue weighted by Gasteiger charge is 2.11. The number of benzene rings is 1. The van der Waals surface area contributed by atoms with E-state index in [1.54, 1.807) is 6.92 Å². The molecule has 3 heteroatoms. The Hall–Kier alpha value is -1.51. The van der Waals surface area contributed by atoms with Gasteiger partial charge < -0.3 is 9.84 Å². The summed E-state index contributed by atoms with van der Waals surface area (Å²) in [7, 11) is 0. The van der Waals surface area contributed by atoms with Gasteiger partial charge in [0.25, 0.3) is 0 Å². The average molecular weight is 208 g/mol. The summed E-state index contributed by atoms with van der Waals surface area (Å²) in [6, 6.07) is 7.71. The number of carboxylic acid groups (broad SMARTS) is 1. The van der Waals surface area contributed by atoms with Crippen LogP contribution in [-0.2, 0) is 11.2 Å². The SMILES string of the molecule is CCc1ccc(OCC(C)C(=O)O)cc1. The number of hydrogen-bond donors (Lipinski definition) is 1. The highest BCUT2D eigenvalue weighted by Crippen LogP contribution is 2.13. The molecule has 0 aliphatic carbocycles. The highest BCUT2D eigenvalue weighted by atomic mass is 16.5. The summed E-state index contributed by atoms with van der Waals surface area (Å²) in [5.74, 6) is -0.587. The molecule has 15 heavy (non-hydrogen) atoms. The van der Waals surface area contributed by atoms with Crippen molar-refractivity contribution in [3.05, 3.63) is 29.8 Å². The minimum absolute atomic E-state index is 0.209. The zero-order valence-electron chi connectivity index (χ0n) is 9.06. The van der Waals surface area contributed by atoms with E-state index in [4.69, 9.17) is 9.84 Å². The molecule has 0 fully saturated rings. The van der Waals surface area contributed by atoms with E-state index >= 15 is 0 Å². The second-order valence-corrected chi connectivity index (χ2v) is 3.55. The second-order valence-electron chi connectivity index (χ2n) is 3.55. The van der Waals surface area contributed by atoms with Gasteiger partial charge in [-0.05, 0) is 31.0 Å². The summed E-state index contributed by atoms with van der Waals surface area (Å²) >= 11 is 0. The maximum absolute atomic E-state index is 10.5. The van der Waals surface area contributed by atoms with Crippen molar-refractivity contribution < 1.29 is 14.6 Å². The van der Waals surface area contributed by atoms with Gasteiger partial charge in [-0.3, -0.25) is 4.79 Å². The third kappa shape index (κ3) is 3.62. The van der Waals surface area contributed by atoms with E-state index in [2.05, 4.69) is 6.92 Å². The molecule has 1 aromatic rings. The molecule has 0 amide bonds. The Kier molecular flexibility index (Phi) is 4.16. The van der Waals surface area contributed by atoms with Crippen LogP contribution in [0.2, 0.25) is 0 Å². The standard InChI is InChI=1S/C12H16O3/c1-3-10-4-6-11(7-5-10)15-8-9(2)12(13)14/h4-7,9H,3,8H2,1-2H3,(H,13,14). The molecule has 0 spiro atoms. The zero-order valence-corrected chi connectivity index (χ0v) is 9.06. The summed E-state index contributed by atoms with van der Waals surface area (Å²) in [6.07, 6.45) is 0.992. The van der Waals surface area contributed by atoms with Gasteiger partial charge in [0.1, 0.15) is 12.4 Å². The number of rotatable bonds is 5. The molecule has 0 saturated carbocycles. The molecule has 1 N–H and O–H groups in total. The normalized spacial score (nSPS) is 12.1. The molecule has 0 aromatic heterocycles. The Labute approximate surface area is 89.7 Å². The molecule has 0 bridgehead atoms. The van der Waals surface area contributed by atoms with E-state index in [0.717, 1.165) is 12.2 Å². The van der Waals surface area contributed by atoms with Crippen molar-refractivity contribution in [1.29, 1.82) is 0 Å². The minimum atomic E-state index is -0.833. The summed E-state index contributed by atoms with van der Waals surface area (Å²) in [6.45, 7) is 3.92. The maximum atomic E-state index is 10.5. The number of hydrogen-bond acceptors (Lipinski definition) is 2. The van der Waals surface area contributed by atoms with Crippen LogP contribution in [-0.4, -0.2) is 17.7 Å². The van der Waals surface area contributed by atoms with Gasteiger partial charge in [0.15, 0.2) is 0 Å². The minimum Gasteiger partial charge on any atom is -0.493 e. The molecule has 1 atom stereocenters. The van der Waals surface area contributed by atoms with E-state index in [-0.39, 0.29) is 6.61 Å². The smallest absolute Gasteiger partial charge is 0.309 e. The molecule has 0 saturated heterocycles. The molecule has 1 aromatic carbocycles. The first kappa shape index (κ1) is 11.6. The summed E-state index contributed by atoms with van der Waals surface area (Å²) in [5.41, 5.74) is 1.24. The van der Waals surface area contributed by atoms with Crippen LogP contribution in [0.25, 0.3) is 0 Å². The van der Waals surface area contributed by atoms with Gasteiger partial charge in [0.2, 0.25) is 0 Å². The van der Waals surface area contributed by atoms with E-state index < -0.39 is 11.9 Å². The first-order valence-electron chi connectivity index (χ1n) is 5.08. The second kappa shape index (κ2) is 5.39. The lowest BCUT2D eigenvalue weighted by Crippen LogP contribution is -2.17. The Balaban J connectivity index is 2.47. The van der Waals surface area contributed by atoms with Crippen molar-refractivity contribution in [2.75, 3.05) is 6.61 Å². The van der Waals surface area contributed by atoms with E-state index in [1.807, 2.05) is 24.3 Å². The third-order valence-corrected chi connectivity index (χ3v) is 2.25. The lowest BCUT2D eigenvalue weighted by molar-refractivity contribution is -0.142. The summed E-state index contributed by atoms with van der Waals surface area (Å²) in [5, 5.41) is 8.66. The van der Waals surface area contributed by atoms with Crippen molar-refractivity contribution in [1.82, 2.24) is 0 Å². The van der Waals surface area contributed by atoms with Crippen LogP contribution in [0.1, 0.15) is 19.4 Å². The van der Waals surface area contributed by atoms with E-state index in [9.17, 15) is 4.79 Å². The molecule has 1 unspecified atom stereocenters. The largest absolute Gasteiger partial charge is 0.493 e. The predicted octanol–water partition coefficient (Wildman–Crippen LogP) is 2.35.